The first-order valence-corrected chi connectivity index (χ1v) is 18.4. The standard InChI is InChI=1S/C34H43Br2N7O5/c35-26-16-21(17-27(36)30(26)37)18-29(31(44)41-12-6-24(7-13-41)40-10-2-1-3-11-40)39-33(47)42-14-8-25(9-15-42)43-20-23-5-4-22(32(45)46)19-28(23)38-34(43)48/h4-5,16-17,19,24-25,29H,1-3,6-15,18,20,37H2,(H,38,48)(H,39,47)(H,45,46)/t29-/m1/s1. The molecular weight excluding hydrogens is 746 g/mol. The van der Waals surface area contributed by atoms with Gasteiger partial charge in [-0.2, -0.15) is 0 Å². The molecule has 3 fully saturated rings. The highest BCUT2D eigenvalue weighted by Crippen LogP contribution is 2.31. The van der Waals surface area contributed by atoms with Crippen LogP contribution in [-0.2, 0) is 17.8 Å². The van der Waals surface area contributed by atoms with E-state index in [1.165, 1.54) is 25.3 Å². The van der Waals surface area contributed by atoms with Gasteiger partial charge in [-0.25, -0.2) is 14.4 Å². The Labute approximate surface area is 297 Å². The summed E-state index contributed by atoms with van der Waals surface area (Å²) in [7, 11) is 0. The number of amides is 5. The first-order valence-electron chi connectivity index (χ1n) is 16.8. The van der Waals surface area contributed by atoms with Gasteiger partial charge in [0.2, 0.25) is 5.91 Å². The Hall–Kier alpha value is -3.36. The van der Waals surface area contributed by atoms with Crippen LogP contribution in [0.1, 0.15) is 66.4 Å². The van der Waals surface area contributed by atoms with Gasteiger partial charge in [-0.3, -0.25) is 4.79 Å². The van der Waals surface area contributed by atoms with Gasteiger partial charge in [0.15, 0.2) is 0 Å². The largest absolute Gasteiger partial charge is 0.478 e. The van der Waals surface area contributed by atoms with Gasteiger partial charge in [-0.1, -0.05) is 12.5 Å². The van der Waals surface area contributed by atoms with Gasteiger partial charge in [-0.15, -0.1) is 0 Å². The maximum Gasteiger partial charge on any atom is 0.335 e. The number of nitrogens with zero attached hydrogens (tertiary/aromatic N) is 4. The molecule has 0 unspecified atom stereocenters. The maximum atomic E-state index is 14.0. The number of piperidine rings is 3. The van der Waals surface area contributed by atoms with Crippen LogP contribution in [0.15, 0.2) is 39.3 Å². The number of carbonyl (C=O) groups is 4. The van der Waals surface area contributed by atoms with Crippen LogP contribution >= 0.6 is 31.9 Å². The number of benzene rings is 2. The first-order chi connectivity index (χ1) is 23.1. The topological polar surface area (TPSA) is 152 Å². The molecule has 0 bridgehead atoms. The molecule has 12 nitrogen and oxygen atoms in total. The predicted molar refractivity (Wildman–Crippen MR) is 190 cm³/mol. The molecule has 5 amide bonds. The molecule has 2 aromatic rings. The Morgan fingerprint density at radius 3 is 2.17 bits per heavy atom. The molecule has 0 aliphatic carbocycles. The van der Waals surface area contributed by atoms with Crippen LogP contribution in [0.25, 0.3) is 0 Å². The van der Waals surface area contributed by atoms with Crippen LogP contribution in [0.4, 0.5) is 21.0 Å². The van der Waals surface area contributed by atoms with Crippen molar-refractivity contribution in [2.24, 2.45) is 0 Å². The van der Waals surface area contributed by atoms with E-state index < -0.39 is 12.0 Å². The first kappa shape index (κ1) is 34.5. The molecule has 5 N–H and O–H groups in total. The van der Waals surface area contributed by atoms with E-state index in [1.54, 1.807) is 21.9 Å². The monoisotopic (exact) mass is 787 g/mol. The lowest BCUT2D eigenvalue weighted by atomic mass is 9.98. The zero-order chi connectivity index (χ0) is 33.9. The maximum absolute atomic E-state index is 14.0. The van der Waals surface area contributed by atoms with E-state index in [0.717, 1.165) is 46.0 Å². The zero-order valence-corrected chi connectivity index (χ0v) is 30.1. The van der Waals surface area contributed by atoms with Crippen molar-refractivity contribution in [2.75, 3.05) is 50.3 Å². The predicted octanol–water partition coefficient (Wildman–Crippen LogP) is 5.10. The fourth-order valence-corrected chi connectivity index (χ4v) is 8.75. The molecule has 6 rings (SSSR count). The van der Waals surface area contributed by atoms with Crippen LogP contribution in [0.5, 0.6) is 0 Å². The highest BCUT2D eigenvalue weighted by atomic mass is 79.9. The number of hydrogen-bond donors (Lipinski definition) is 4. The number of urea groups is 2. The molecule has 2 aromatic carbocycles. The van der Waals surface area contributed by atoms with Gasteiger partial charge >= 0.3 is 18.0 Å². The summed E-state index contributed by atoms with van der Waals surface area (Å²) in [5.74, 6) is -1.12. The molecule has 0 spiro atoms. The third-order valence-electron chi connectivity index (χ3n) is 10.3. The number of nitrogens with one attached hydrogen (secondary N) is 2. The van der Waals surface area contributed by atoms with Crippen molar-refractivity contribution >= 4 is 67.2 Å². The second kappa shape index (κ2) is 15.0. The van der Waals surface area contributed by atoms with Crippen molar-refractivity contribution in [1.29, 1.82) is 0 Å². The Balaban J connectivity index is 1.09. The molecule has 14 heteroatoms. The Morgan fingerprint density at radius 2 is 1.52 bits per heavy atom. The number of carboxylic acid groups (broad SMARTS) is 1. The Morgan fingerprint density at radius 1 is 0.896 bits per heavy atom. The highest BCUT2D eigenvalue weighted by molar-refractivity contribution is 9.11. The zero-order valence-electron chi connectivity index (χ0n) is 26.9. The van der Waals surface area contributed by atoms with E-state index in [0.29, 0.717) is 69.4 Å². The van der Waals surface area contributed by atoms with Gasteiger partial charge in [0.05, 0.1) is 11.3 Å². The number of fused-ring (bicyclic) bond motifs is 1. The normalized spacial score (nSPS) is 20.2. The van der Waals surface area contributed by atoms with E-state index >= 15 is 0 Å². The molecule has 0 aromatic heterocycles. The van der Waals surface area contributed by atoms with E-state index in [4.69, 9.17) is 5.73 Å². The van der Waals surface area contributed by atoms with Crippen LogP contribution in [0.3, 0.4) is 0 Å². The van der Waals surface area contributed by atoms with Crippen molar-refractivity contribution < 1.29 is 24.3 Å². The second-order valence-corrected chi connectivity index (χ2v) is 15.0. The number of carbonyl (C=O) groups excluding carboxylic acids is 3. The van der Waals surface area contributed by atoms with Crippen molar-refractivity contribution in [2.45, 2.75) is 76.0 Å². The lowest BCUT2D eigenvalue weighted by Gasteiger charge is -2.42. The molecule has 48 heavy (non-hydrogen) atoms. The van der Waals surface area contributed by atoms with Gasteiger partial charge in [-0.05, 0) is 119 Å². The molecule has 1 atom stereocenters. The summed E-state index contributed by atoms with van der Waals surface area (Å²) in [6, 6.07) is 7.66. The van der Waals surface area contributed by atoms with Crippen molar-refractivity contribution in [3.05, 3.63) is 56.0 Å². The summed E-state index contributed by atoms with van der Waals surface area (Å²) in [5.41, 5.74) is 9.05. The minimum atomic E-state index is -1.05. The summed E-state index contributed by atoms with van der Waals surface area (Å²) >= 11 is 7.02. The van der Waals surface area contributed by atoms with Crippen molar-refractivity contribution in [1.82, 2.24) is 24.9 Å². The minimum Gasteiger partial charge on any atom is -0.478 e. The highest BCUT2D eigenvalue weighted by Gasteiger charge is 2.36. The third-order valence-corrected chi connectivity index (χ3v) is 11.6. The molecule has 3 saturated heterocycles. The average Bonchev–Trinajstić information content (AvgIpc) is 3.10. The van der Waals surface area contributed by atoms with E-state index in [9.17, 15) is 24.3 Å². The summed E-state index contributed by atoms with van der Waals surface area (Å²) in [6.45, 7) is 4.86. The second-order valence-electron chi connectivity index (χ2n) is 13.3. The van der Waals surface area contributed by atoms with Gasteiger partial charge < -0.3 is 41.1 Å². The number of aromatic carboxylic acids is 1. The van der Waals surface area contributed by atoms with E-state index in [2.05, 4.69) is 47.4 Å². The summed E-state index contributed by atoms with van der Waals surface area (Å²) < 4.78 is 1.45. The number of rotatable bonds is 7. The molecule has 4 aliphatic heterocycles. The SMILES string of the molecule is Nc1c(Br)cc(C[C@@H](NC(=O)N2CCC(N3Cc4ccc(C(=O)O)cc4NC3=O)CC2)C(=O)N2CCC(N3CCCCC3)CC2)cc1Br. The smallest absolute Gasteiger partial charge is 0.335 e. The van der Waals surface area contributed by atoms with E-state index in [-0.39, 0.29) is 29.6 Å². The van der Waals surface area contributed by atoms with Gasteiger partial charge in [0, 0.05) is 65.9 Å². The summed E-state index contributed by atoms with van der Waals surface area (Å²) in [5, 5.41) is 15.2. The molecule has 258 valence electrons. The number of likely N-dealkylation sites (tertiary alicyclic amines) is 3. The third kappa shape index (κ3) is 7.76. The van der Waals surface area contributed by atoms with Crippen LogP contribution < -0.4 is 16.4 Å². The summed E-state index contributed by atoms with van der Waals surface area (Å²) in [6.07, 6.45) is 7.15. The number of anilines is 2. The number of hydrogen-bond acceptors (Lipinski definition) is 6. The number of halogens is 2. The Kier molecular flexibility index (Phi) is 10.8. The van der Waals surface area contributed by atoms with Crippen LogP contribution in [-0.4, -0.2) is 106 Å². The Bertz CT molecular complexity index is 1530. The van der Waals surface area contributed by atoms with Crippen LogP contribution in [0.2, 0.25) is 0 Å². The number of carboxylic acids is 1. The quantitative estimate of drug-likeness (QED) is 0.285. The fraction of sp³-hybridized carbons (Fsp3) is 0.529. The molecular formula is C34H43Br2N7O5. The molecule has 4 aliphatic rings. The fourth-order valence-electron chi connectivity index (χ4n) is 7.47. The van der Waals surface area contributed by atoms with E-state index in [1.807, 2.05) is 17.0 Å². The minimum absolute atomic E-state index is 0.0749. The summed E-state index contributed by atoms with van der Waals surface area (Å²) in [4.78, 5) is 60.1. The van der Waals surface area contributed by atoms with Crippen LogP contribution in [0, 0.1) is 0 Å². The lowest BCUT2D eigenvalue weighted by Crippen LogP contribution is -2.57. The van der Waals surface area contributed by atoms with Gasteiger partial charge in [0.1, 0.15) is 6.04 Å². The van der Waals surface area contributed by atoms with Crippen molar-refractivity contribution in [3.8, 4) is 0 Å². The number of nitrogen functional groups attached to an aromatic ring is 1. The molecule has 4 heterocycles. The average molecular weight is 790 g/mol. The van der Waals surface area contributed by atoms with Crippen molar-refractivity contribution in [3.63, 3.8) is 0 Å². The van der Waals surface area contributed by atoms with Gasteiger partial charge in [0.25, 0.3) is 0 Å². The molecule has 0 saturated carbocycles. The number of nitrogens with two attached hydrogens (primary N) is 1. The molecule has 0 radical (unpaired) electrons. The lowest BCUT2D eigenvalue weighted by molar-refractivity contribution is -0.135.